The summed E-state index contributed by atoms with van der Waals surface area (Å²) in [4.78, 5) is 2.30. The molecule has 0 bridgehead atoms. The molecule has 0 atom stereocenters. The van der Waals surface area contributed by atoms with E-state index in [0.717, 1.165) is 28.4 Å². The molecule has 0 saturated heterocycles. The predicted molar refractivity (Wildman–Crippen MR) is 233 cm³/mol. The van der Waals surface area contributed by atoms with Gasteiger partial charge >= 0.3 is 0 Å². The first-order valence-electron chi connectivity index (χ1n) is 18.9. The molecular weight excluding hydrogens is 667 g/mol. The molecule has 0 spiro atoms. The summed E-state index contributed by atoms with van der Waals surface area (Å²) in [7, 11) is 0. The second-order valence-corrected chi connectivity index (χ2v) is 14.2. The fraction of sp³-hybridized carbons (Fsp3) is 0. The zero-order valence-corrected chi connectivity index (χ0v) is 30.0. The molecule has 0 unspecified atom stereocenters. The van der Waals surface area contributed by atoms with Gasteiger partial charge < -0.3 is 14.0 Å². The minimum atomic E-state index is 1.12. The number of aromatic nitrogens is 2. The van der Waals surface area contributed by atoms with Gasteiger partial charge in [0.15, 0.2) is 0 Å². The van der Waals surface area contributed by atoms with E-state index < -0.39 is 0 Å². The molecule has 9 aromatic carbocycles. The van der Waals surface area contributed by atoms with Crippen molar-refractivity contribution in [1.29, 1.82) is 0 Å². The van der Waals surface area contributed by atoms with E-state index in [2.05, 4.69) is 226 Å². The quantitative estimate of drug-likeness (QED) is 0.168. The van der Waals surface area contributed by atoms with Gasteiger partial charge in [-0.3, -0.25) is 0 Å². The summed E-state index contributed by atoms with van der Waals surface area (Å²) in [6, 6.07) is 76.8. The molecule has 0 aliphatic rings. The normalized spacial score (nSPS) is 11.6. The number of para-hydroxylation sites is 4. The molecule has 0 aliphatic carbocycles. The Bertz CT molecular complexity index is 3150. The van der Waals surface area contributed by atoms with Crippen LogP contribution >= 0.6 is 0 Å². The maximum Gasteiger partial charge on any atom is 0.0619 e. The Balaban J connectivity index is 1.04. The van der Waals surface area contributed by atoms with E-state index in [1.165, 1.54) is 65.5 Å². The van der Waals surface area contributed by atoms with Crippen LogP contribution in [0.15, 0.2) is 212 Å². The molecule has 0 N–H and O–H groups in total. The van der Waals surface area contributed by atoms with Crippen LogP contribution in [-0.4, -0.2) is 9.13 Å². The zero-order valence-electron chi connectivity index (χ0n) is 30.0. The van der Waals surface area contributed by atoms with Crippen LogP contribution in [0.5, 0.6) is 0 Å². The van der Waals surface area contributed by atoms with E-state index in [4.69, 9.17) is 0 Å². The third kappa shape index (κ3) is 5.05. The minimum absolute atomic E-state index is 1.12. The maximum atomic E-state index is 2.45. The van der Waals surface area contributed by atoms with Crippen molar-refractivity contribution in [2.75, 3.05) is 4.90 Å². The lowest BCUT2D eigenvalue weighted by molar-refractivity contribution is 1.14. The first-order chi connectivity index (χ1) is 27.3. The van der Waals surface area contributed by atoms with E-state index in [0.29, 0.717) is 0 Å². The molecule has 3 nitrogen and oxygen atoms in total. The lowest BCUT2D eigenvalue weighted by atomic mass is 10.0. The summed E-state index contributed by atoms with van der Waals surface area (Å²) in [5.74, 6) is 0. The molecule has 0 amide bonds. The van der Waals surface area contributed by atoms with Gasteiger partial charge in [0.2, 0.25) is 0 Å². The van der Waals surface area contributed by atoms with Gasteiger partial charge in [0.1, 0.15) is 0 Å². The maximum absolute atomic E-state index is 2.45. The van der Waals surface area contributed by atoms with Crippen LogP contribution < -0.4 is 4.90 Å². The van der Waals surface area contributed by atoms with Crippen molar-refractivity contribution in [3.8, 4) is 22.5 Å². The molecule has 2 heterocycles. The van der Waals surface area contributed by atoms with Gasteiger partial charge in [-0.2, -0.15) is 0 Å². The largest absolute Gasteiger partial charge is 0.311 e. The van der Waals surface area contributed by atoms with Gasteiger partial charge in [0.25, 0.3) is 0 Å². The lowest BCUT2D eigenvalue weighted by Crippen LogP contribution is -2.09. The second kappa shape index (κ2) is 12.6. The van der Waals surface area contributed by atoms with E-state index >= 15 is 0 Å². The Morgan fingerprint density at radius 2 is 0.818 bits per heavy atom. The van der Waals surface area contributed by atoms with E-state index in [1.807, 2.05) is 0 Å². The van der Waals surface area contributed by atoms with Crippen LogP contribution in [0.1, 0.15) is 0 Å². The molecule has 55 heavy (non-hydrogen) atoms. The highest BCUT2D eigenvalue weighted by Crippen LogP contribution is 2.40. The number of fused-ring (bicyclic) bond motifs is 8. The summed E-state index contributed by atoms with van der Waals surface area (Å²) >= 11 is 0. The Labute approximate surface area is 319 Å². The SMILES string of the molecule is c1ccc(N(c2ccccc2)c2ccc(-c3ccc4c(c3)c3ccccc3n4-c3cccc(-n4c5ccccc5c5ccc6ccccc6c54)c3)cc2)cc1. The summed E-state index contributed by atoms with van der Waals surface area (Å²) in [5.41, 5.74) is 12.9. The molecule has 11 rings (SSSR count). The number of rotatable bonds is 6. The van der Waals surface area contributed by atoms with Crippen molar-refractivity contribution in [2.24, 2.45) is 0 Å². The minimum Gasteiger partial charge on any atom is -0.311 e. The average Bonchev–Trinajstić information content (AvgIpc) is 3.78. The third-order valence-corrected chi connectivity index (χ3v) is 11.1. The van der Waals surface area contributed by atoms with Crippen molar-refractivity contribution in [1.82, 2.24) is 9.13 Å². The molecular formula is C52H35N3. The summed E-state index contributed by atoms with van der Waals surface area (Å²) in [6.07, 6.45) is 0. The zero-order chi connectivity index (χ0) is 36.3. The van der Waals surface area contributed by atoms with Crippen LogP contribution in [0.2, 0.25) is 0 Å². The highest BCUT2D eigenvalue weighted by Gasteiger charge is 2.18. The smallest absolute Gasteiger partial charge is 0.0619 e. The molecule has 0 aliphatic heterocycles. The summed E-state index contributed by atoms with van der Waals surface area (Å²) in [6.45, 7) is 0. The third-order valence-electron chi connectivity index (χ3n) is 11.1. The van der Waals surface area contributed by atoms with E-state index in [1.54, 1.807) is 0 Å². The van der Waals surface area contributed by atoms with E-state index in [-0.39, 0.29) is 0 Å². The molecule has 11 aromatic rings. The lowest BCUT2D eigenvalue weighted by Gasteiger charge is -2.25. The Hall–Kier alpha value is -7.36. The van der Waals surface area contributed by atoms with Gasteiger partial charge in [0.05, 0.1) is 22.1 Å². The first kappa shape index (κ1) is 31.2. The van der Waals surface area contributed by atoms with Crippen LogP contribution in [0.25, 0.3) is 76.9 Å². The number of benzene rings is 9. The van der Waals surface area contributed by atoms with Gasteiger partial charge in [0, 0.05) is 55.4 Å². The molecule has 3 heteroatoms. The molecule has 2 aromatic heterocycles. The number of hydrogen-bond acceptors (Lipinski definition) is 1. The van der Waals surface area contributed by atoms with Gasteiger partial charge in [-0.15, -0.1) is 0 Å². The van der Waals surface area contributed by atoms with Crippen molar-refractivity contribution < 1.29 is 0 Å². The standard InChI is InChI=1S/C52H35N3/c1-3-15-39(16-4-1)53(40-17-5-2-6-18-40)41-30-26-36(27-31-41)38-29-33-51-48(34-38)46-23-10-11-24-49(46)54(51)42-19-13-20-43(35-42)55-50-25-12-9-22-45(50)47-32-28-37-14-7-8-21-44(37)52(47)55/h1-35H. The summed E-state index contributed by atoms with van der Waals surface area (Å²) in [5, 5.41) is 7.51. The van der Waals surface area contributed by atoms with Crippen LogP contribution in [0.4, 0.5) is 17.1 Å². The number of nitrogens with zero attached hydrogens (tertiary/aromatic N) is 3. The highest BCUT2D eigenvalue weighted by molar-refractivity contribution is 6.18. The van der Waals surface area contributed by atoms with Crippen molar-refractivity contribution >= 4 is 71.4 Å². The number of hydrogen-bond donors (Lipinski definition) is 0. The topological polar surface area (TPSA) is 13.1 Å². The Kier molecular flexibility index (Phi) is 7.17. The Morgan fingerprint density at radius 3 is 1.53 bits per heavy atom. The van der Waals surface area contributed by atoms with Crippen molar-refractivity contribution in [3.05, 3.63) is 212 Å². The first-order valence-corrected chi connectivity index (χ1v) is 18.9. The molecule has 258 valence electrons. The number of anilines is 3. The average molecular weight is 702 g/mol. The van der Waals surface area contributed by atoms with Crippen molar-refractivity contribution in [2.45, 2.75) is 0 Å². The van der Waals surface area contributed by atoms with Gasteiger partial charge in [-0.1, -0.05) is 133 Å². The molecule has 0 fully saturated rings. The van der Waals surface area contributed by atoms with Gasteiger partial charge in [-0.25, -0.2) is 0 Å². The molecule has 0 radical (unpaired) electrons. The predicted octanol–water partition coefficient (Wildman–Crippen LogP) is 14.2. The van der Waals surface area contributed by atoms with E-state index in [9.17, 15) is 0 Å². The monoisotopic (exact) mass is 701 g/mol. The molecule has 0 saturated carbocycles. The van der Waals surface area contributed by atoms with Crippen LogP contribution in [0.3, 0.4) is 0 Å². The van der Waals surface area contributed by atoms with Crippen LogP contribution in [0, 0.1) is 0 Å². The fourth-order valence-corrected chi connectivity index (χ4v) is 8.60. The fourth-order valence-electron chi connectivity index (χ4n) is 8.60. The second-order valence-electron chi connectivity index (χ2n) is 14.2. The summed E-state index contributed by atoms with van der Waals surface area (Å²) < 4.78 is 4.87. The van der Waals surface area contributed by atoms with Crippen molar-refractivity contribution in [3.63, 3.8) is 0 Å². The highest BCUT2D eigenvalue weighted by atomic mass is 15.1. The van der Waals surface area contributed by atoms with Crippen LogP contribution in [-0.2, 0) is 0 Å². The van der Waals surface area contributed by atoms with Gasteiger partial charge in [-0.05, 0) is 95.4 Å². The Morgan fingerprint density at radius 1 is 0.291 bits per heavy atom.